The summed E-state index contributed by atoms with van der Waals surface area (Å²) in [5.74, 6) is 1.33. The van der Waals surface area contributed by atoms with E-state index in [2.05, 4.69) is 100 Å². The first-order valence-corrected chi connectivity index (χ1v) is 11.7. The number of hydrogen-bond acceptors (Lipinski definition) is 4. The summed E-state index contributed by atoms with van der Waals surface area (Å²) in [7, 11) is 1.77. The number of rotatable bonds is 6. The van der Waals surface area contributed by atoms with Crippen LogP contribution in [0.25, 0.3) is 0 Å². The van der Waals surface area contributed by atoms with Crippen LogP contribution in [0.2, 0.25) is 0 Å². The maximum Gasteiger partial charge on any atom is 0.123 e. The van der Waals surface area contributed by atoms with Crippen LogP contribution in [0.3, 0.4) is 0 Å². The summed E-state index contributed by atoms with van der Waals surface area (Å²) in [6.07, 6.45) is 0. The second-order valence-electron chi connectivity index (χ2n) is 8.97. The van der Waals surface area contributed by atoms with Crippen molar-refractivity contribution < 1.29 is 4.74 Å². The SMILES string of the molecule is COc1ccccc1CN1CC(C(c2ccccc2)c2ccccc2)N2CCNC[C@H]2C1. The highest BCUT2D eigenvalue weighted by atomic mass is 16.5. The van der Waals surface area contributed by atoms with Crippen molar-refractivity contribution in [1.29, 1.82) is 0 Å². The highest BCUT2D eigenvalue weighted by Crippen LogP contribution is 2.35. The minimum Gasteiger partial charge on any atom is -0.496 e. The largest absolute Gasteiger partial charge is 0.496 e. The lowest BCUT2D eigenvalue weighted by Crippen LogP contribution is -2.66. The lowest BCUT2D eigenvalue weighted by Gasteiger charge is -2.52. The number of benzene rings is 3. The summed E-state index contributed by atoms with van der Waals surface area (Å²) in [5.41, 5.74) is 4.07. The van der Waals surface area contributed by atoms with Crippen molar-refractivity contribution >= 4 is 0 Å². The Hall–Kier alpha value is -2.66. The van der Waals surface area contributed by atoms with Gasteiger partial charge in [-0.1, -0.05) is 78.9 Å². The van der Waals surface area contributed by atoms with E-state index >= 15 is 0 Å². The molecular weight excluding hydrogens is 394 g/mol. The molecule has 1 unspecified atom stereocenters. The first-order chi connectivity index (χ1) is 15.8. The highest BCUT2D eigenvalue weighted by molar-refractivity contribution is 5.36. The Kier molecular flexibility index (Phi) is 6.54. The average molecular weight is 428 g/mol. The zero-order valence-corrected chi connectivity index (χ0v) is 18.9. The molecule has 5 rings (SSSR count). The van der Waals surface area contributed by atoms with Gasteiger partial charge in [-0.05, 0) is 17.2 Å². The summed E-state index contributed by atoms with van der Waals surface area (Å²) in [6.45, 7) is 6.26. The molecule has 0 aliphatic carbocycles. The fourth-order valence-corrected chi connectivity index (χ4v) is 5.58. The Bertz CT molecular complexity index is 954. The van der Waals surface area contributed by atoms with Gasteiger partial charge in [0.05, 0.1) is 7.11 Å². The zero-order chi connectivity index (χ0) is 21.8. The molecule has 2 fully saturated rings. The van der Waals surface area contributed by atoms with E-state index in [1.807, 2.05) is 0 Å². The molecule has 0 saturated carbocycles. The molecule has 4 nitrogen and oxygen atoms in total. The fourth-order valence-electron chi connectivity index (χ4n) is 5.58. The van der Waals surface area contributed by atoms with Gasteiger partial charge in [0, 0.05) is 62.8 Å². The molecule has 2 aliphatic heterocycles. The van der Waals surface area contributed by atoms with Crippen molar-refractivity contribution in [3.8, 4) is 5.75 Å². The van der Waals surface area contributed by atoms with E-state index in [1.54, 1.807) is 7.11 Å². The van der Waals surface area contributed by atoms with Gasteiger partial charge in [0.25, 0.3) is 0 Å². The Labute approximate surface area is 191 Å². The van der Waals surface area contributed by atoms with Crippen molar-refractivity contribution in [3.63, 3.8) is 0 Å². The van der Waals surface area contributed by atoms with Gasteiger partial charge in [-0.3, -0.25) is 9.80 Å². The summed E-state index contributed by atoms with van der Waals surface area (Å²) in [6, 6.07) is 31.5. The molecule has 0 spiro atoms. The summed E-state index contributed by atoms with van der Waals surface area (Å²) in [5, 5.41) is 3.64. The van der Waals surface area contributed by atoms with Crippen LogP contribution in [0.5, 0.6) is 5.75 Å². The molecule has 2 heterocycles. The first kappa shape index (κ1) is 21.2. The number of methoxy groups -OCH3 is 1. The van der Waals surface area contributed by atoms with E-state index in [9.17, 15) is 0 Å². The number of piperazine rings is 2. The third-order valence-corrected chi connectivity index (χ3v) is 7.02. The van der Waals surface area contributed by atoms with Crippen LogP contribution in [0.15, 0.2) is 84.9 Å². The van der Waals surface area contributed by atoms with Gasteiger partial charge in [0.2, 0.25) is 0 Å². The summed E-state index contributed by atoms with van der Waals surface area (Å²) < 4.78 is 5.66. The quantitative estimate of drug-likeness (QED) is 0.644. The Morgan fingerprint density at radius 2 is 1.53 bits per heavy atom. The van der Waals surface area contributed by atoms with E-state index < -0.39 is 0 Å². The lowest BCUT2D eigenvalue weighted by atomic mass is 9.81. The lowest BCUT2D eigenvalue weighted by molar-refractivity contribution is -0.000633. The third kappa shape index (κ3) is 4.44. The van der Waals surface area contributed by atoms with Crippen LogP contribution >= 0.6 is 0 Å². The molecule has 3 aromatic carbocycles. The second kappa shape index (κ2) is 9.86. The van der Waals surface area contributed by atoms with Crippen molar-refractivity contribution in [1.82, 2.24) is 15.1 Å². The molecule has 0 amide bonds. The molecule has 166 valence electrons. The Morgan fingerprint density at radius 1 is 0.875 bits per heavy atom. The van der Waals surface area contributed by atoms with E-state index in [4.69, 9.17) is 4.74 Å². The minimum absolute atomic E-state index is 0.346. The molecular formula is C28H33N3O. The van der Waals surface area contributed by atoms with Crippen LogP contribution in [-0.4, -0.2) is 61.7 Å². The van der Waals surface area contributed by atoms with Crippen molar-refractivity contribution in [2.24, 2.45) is 0 Å². The Balaban J connectivity index is 1.50. The van der Waals surface area contributed by atoms with E-state index in [-0.39, 0.29) is 0 Å². The maximum atomic E-state index is 5.66. The third-order valence-electron chi connectivity index (χ3n) is 7.02. The van der Waals surface area contributed by atoms with Gasteiger partial charge in [-0.25, -0.2) is 0 Å². The topological polar surface area (TPSA) is 27.7 Å². The second-order valence-corrected chi connectivity index (χ2v) is 8.97. The molecule has 2 aliphatic rings. The summed E-state index contributed by atoms with van der Waals surface area (Å²) >= 11 is 0. The van der Waals surface area contributed by atoms with Gasteiger partial charge in [0.1, 0.15) is 5.75 Å². The van der Waals surface area contributed by atoms with Gasteiger partial charge >= 0.3 is 0 Å². The van der Waals surface area contributed by atoms with Crippen LogP contribution in [0.1, 0.15) is 22.6 Å². The van der Waals surface area contributed by atoms with E-state index in [0.717, 1.165) is 45.0 Å². The van der Waals surface area contributed by atoms with E-state index in [1.165, 1.54) is 16.7 Å². The molecule has 2 atom stereocenters. The average Bonchev–Trinajstić information content (AvgIpc) is 2.86. The monoisotopic (exact) mass is 427 g/mol. The van der Waals surface area contributed by atoms with Gasteiger partial charge < -0.3 is 10.1 Å². The minimum atomic E-state index is 0.346. The fraction of sp³-hybridized carbons (Fsp3) is 0.357. The van der Waals surface area contributed by atoms with Gasteiger partial charge in [0.15, 0.2) is 0 Å². The molecule has 0 radical (unpaired) electrons. The molecule has 1 N–H and O–H groups in total. The molecule has 0 bridgehead atoms. The standard InChI is InChI=1S/C28H33N3O/c1-32-27-15-9-8-14-24(27)19-30-20-25-18-29-16-17-31(25)26(21-30)28(22-10-4-2-5-11-22)23-12-6-3-7-13-23/h2-15,25-26,28-29H,16-21H2,1H3/t25-,26?/m0/s1. The Morgan fingerprint density at radius 3 is 2.22 bits per heavy atom. The number of nitrogens with zero attached hydrogens (tertiary/aromatic N) is 2. The predicted molar refractivity (Wildman–Crippen MR) is 130 cm³/mol. The number of hydrogen-bond donors (Lipinski definition) is 1. The first-order valence-electron chi connectivity index (χ1n) is 11.7. The normalized spacial score (nSPS) is 21.9. The van der Waals surface area contributed by atoms with Crippen molar-refractivity contribution in [2.45, 2.75) is 24.5 Å². The van der Waals surface area contributed by atoms with Gasteiger partial charge in [-0.15, -0.1) is 0 Å². The zero-order valence-electron chi connectivity index (χ0n) is 18.9. The van der Waals surface area contributed by atoms with Crippen molar-refractivity contribution in [2.75, 3.05) is 39.8 Å². The molecule has 32 heavy (non-hydrogen) atoms. The van der Waals surface area contributed by atoms with Crippen LogP contribution in [0, 0.1) is 0 Å². The molecule has 4 heteroatoms. The summed E-state index contributed by atoms with van der Waals surface area (Å²) in [4.78, 5) is 5.41. The molecule has 3 aromatic rings. The van der Waals surface area contributed by atoms with Crippen LogP contribution in [-0.2, 0) is 6.54 Å². The van der Waals surface area contributed by atoms with Crippen LogP contribution in [0.4, 0.5) is 0 Å². The highest BCUT2D eigenvalue weighted by Gasteiger charge is 2.40. The van der Waals surface area contributed by atoms with Crippen LogP contribution < -0.4 is 10.1 Å². The maximum absolute atomic E-state index is 5.66. The van der Waals surface area contributed by atoms with E-state index in [0.29, 0.717) is 18.0 Å². The number of ether oxygens (including phenoxy) is 1. The number of fused-ring (bicyclic) bond motifs is 1. The smallest absolute Gasteiger partial charge is 0.123 e. The number of para-hydroxylation sites is 1. The predicted octanol–water partition coefficient (Wildman–Crippen LogP) is 3.99. The van der Waals surface area contributed by atoms with Crippen molar-refractivity contribution in [3.05, 3.63) is 102 Å². The molecule has 2 saturated heterocycles. The van der Waals surface area contributed by atoms with Gasteiger partial charge in [-0.2, -0.15) is 0 Å². The number of nitrogens with one attached hydrogen (secondary N) is 1. The molecule has 0 aromatic heterocycles.